The predicted molar refractivity (Wildman–Crippen MR) is 126 cm³/mol. The number of rotatable bonds is 4. The summed E-state index contributed by atoms with van der Waals surface area (Å²) >= 11 is 0. The third kappa shape index (κ3) is 3.69. The number of hydrogen-bond acceptors (Lipinski definition) is 4. The van der Waals surface area contributed by atoms with Crippen molar-refractivity contribution in [2.24, 2.45) is 4.99 Å². The van der Waals surface area contributed by atoms with E-state index >= 15 is 0 Å². The largest absolute Gasteiger partial charge is 0.368 e. The molecule has 1 N–H and O–H groups in total. The lowest BCUT2D eigenvalue weighted by Crippen LogP contribution is -2.70. The highest BCUT2D eigenvalue weighted by Crippen LogP contribution is 2.46. The minimum atomic E-state index is -0.879. The van der Waals surface area contributed by atoms with Gasteiger partial charge in [-0.2, -0.15) is 0 Å². The molecule has 0 fully saturated rings. The van der Waals surface area contributed by atoms with Crippen LogP contribution >= 0.6 is 12.4 Å². The van der Waals surface area contributed by atoms with Crippen molar-refractivity contribution in [3.8, 4) is 0 Å². The molecule has 2 aliphatic rings. The first-order valence-corrected chi connectivity index (χ1v) is 10.5. The van der Waals surface area contributed by atoms with Crippen LogP contribution in [0.5, 0.6) is 0 Å². The van der Waals surface area contributed by atoms with Gasteiger partial charge < -0.3 is 10.1 Å². The second-order valence-corrected chi connectivity index (χ2v) is 8.43. The van der Waals surface area contributed by atoms with Crippen molar-refractivity contribution in [1.29, 1.82) is 0 Å². The molecule has 0 saturated heterocycles. The van der Waals surface area contributed by atoms with Gasteiger partial charge in [-0.1, -0.05) is 36.4 Å². The lowest BCUT2D eigenvalue weighted by Gasteiger charge is -2.56. The zero-order chi connectivity index (χ0) is 21.5. The first-order chi connectivity index (χ1) is 14.3. The van der Waals surface area contributed by atoms with Crippen LogP contribution in [0.1, 0.15) is 50.4 Å². The summed E-state index contributed by atoms with van der Waals surface area (Å²) in [6.07, 6.45) is 2.87. The zero-order valence-corrected chi connectivity index (χ0v) is 19.6. The van der Waals surface area contributed by atoms with E-state index in [0.29, 0.717) is 0 Å². The summed E-state index contributed by atoms with van der Waals surface area (Å²) < 4.78 is 19.9. The highest BCUT2D eigenvalue weighted by Gasteiger charge is 2.57. The highest BCUT2D eigenvalue weighted by atomic mass is 35.5. The molecule has 3 atom stereocenters. The maximum Gasteiger partial charge on any atom is 0.221 e. The Balaban J connectivity index is 0.00000272. The van der Waals surface area contributed by atoms with Gasteiger partial charge in [-0.05, 0) is 68.5 Å². The number of fused-ring (bicyclic) bond motifs is 1. The maximum atomic E-state index is 13.7. The van der Waals surface area contributed by atoms with Gasteiger partial charge in [0.15, 0.2) is 0 Å². The van der Waals surface area contributed by atoms with Gasteiger partial charge in [-0.25, -0.2) is 9.38 Å². The van der Waals surface area contributed by atoms with Gasteiger partial charge in [-0.3, -0.25) is 4.90 Å². The molecule has 31 heavy (non-hydrogen) atoms. The number of hydrogen-bond donors (Lipinski definition) is 1. The molecule has 2 aromatic carbocycles. The fourth-order valence-corrected chi connectivity index (χ4v) is 4.79. The van der Waals surface area contributed by atoms with Crippen molar-refractivity contribution in [3.05, 3.63) is 82.3 Å². The van der Waals surface area contributed by atoms with Crippen LogP contribution in [0.2, 0.25) is 0 Å². The highest BCUT2D eigenvalue weighted by molar-refractivity contribution is 5.85. The zero-order valence-electron chi connectivity index (χ0n) is 18.8. The van der Waals surface area contributed by atoms with E-state index in [0.717, 1.165) is 29.8 Å². The summed E-state index contributed by atoms with van der Waals surface area (Å²) in [6, 6.07) is 15.3. The smallest absolute Gasteiger partial charge is 0.221 e. The SMILES string of the molecule is COC(C)(c1ccc(F)cc1)C1(N2CCc3ccccc3C2C)N=CC(C)=C(C)N1.Cl. The summed E-state index contributed by atoms with van der Waals surface area (Å²) in [5.41, 5.74) is 4.84. The van der Waals surface area contributed by atoms with E-state index in [2.05, 4.69) is 48.3 Å². The second-order valence-electron chi connectivity index (χ2n) is 8.43. The molecular weight excluding hydrogens is 413 g/mol. The number of allylic oxidation sites excluding steroid dienone is 2. The minimum Gasteiger partial charge on any atom is -0.368 e. The van der Waals surface area contributed by atoms with Gasteiger partial charge in [0.1, 0.15) is 11.4 Å². The van der Waals surface area contributed by atoms with E-state index in [9.17, 15) is 4.39 Å². The van der Waals surface area contributed by atoms with Gasteiger partial charge in [0.2, 0.25) is 5.79 Å². The van der Waals surface area contributed by atoms with Crippen molar-refractivity contribution in [3.63, 3.8) is 0 Å². The Morgan fingerprint density at radius 3 is 2.48 bits per heavy atom. The Bertz CT molecular complexity index is 1010. The van der Waals surface area contributed by atoms with Crippen LogP contribution in [0.25, 0.3) is 0 Å². The van der Waals surface area contributed by atoms with Gasteiger partial charge in [0.25, 0.3) is 0 Å². The number of aliphatic imine (C=N–C) groups is 1. The number of nitrogens with zero attached hydrogens (tertiary/aromatic N) is 2. The van der Waals surface area contributed by atoms with Crippen LogP contribution < -0.4 is 5.32 Å². The maximum absolute atomic E-state index is 13.7. The summed E-state index contributed by atoms with van der Waals surface area (Å²) in [5, 5.41) is 3.70. The number of ether oxygens (including phenoxy) is 1. The van der Waals surface area contributed by atoms with Gasteiger partial charge in [0.05, 0.1) is 0 Å². The summed E-state index contributed by atoms with van der Waals surface area (Å²) in [5.74, 6) is -1.14. The Hall–Kier alpha value is -2.21. The molecule has 3 unspecified atom stereocenters. The fraction of sp³-hybridized carbons (Fsp3) is 0.400. The van der Waals surface area contributed by atoms with Crippen LogP contribution in [-0.4, -0.2) is 30.6 Å². The molecule has 4 nitrogen and oxygen atoms in total. The summed E-state index contributed by atoms with van der Waals surface area (Å²) in [7, 11) is 1.70. The first-order valence-electron chi connectivity index (χ1n) is 10.5. The molecule has 166 valence electrons. The molecule has 6 heteroatoms. The van der Waals surface area contributed by atoms with Gasteiger partial charge >= 0.3 is 0 Å². The quantitative estimate of drug-likeness (QED) is 0.692. The number of nitrogens with one attached hydrogen (secondary N) is 1. The average molecular weight is 444 g/mol. The number of halogens is 2. The van der Waals surface area contributed by atoms with Gasteiger partial charge in [-0.15, -0.1) is 12.4 Å². The average Bonchev–Trinajstić information content (AvgIpc) is 2.76. The van der Waals surface area contributed by atoms with Crippen LogP contribution in [-0.2, 0) is 16.8 Å². The molecular formula is C25H31ClFN3O. The summed E-state index contributed by atoms with van der Waals surface area (Å²) in [4.78, 5) is 7.48. The van der Waals surface area contributed by atoms with E-state index in [1.165, 1.54) is 23.3 Å². The molecule has 2 aliphatic heterocycles. The van der Waals surface area contributed by atoms with E-state index in [4.69, 9.17) is 9.73 Å². The number of benzene rings is 2. The Kier molecular flexibility index (Phi) is 6.61. The van der Waals surface area contributed by atoms with Crippen molar-refractivity contribution in [2.45, 2.75) is 51.5 Å². The monoisotopic (exact) mass is 443 g/mol. The van der Waals surface area contributed by atoms with E-state index in [-0.39, 0.29) is 24.3 Å². The van der Waals surface area contributed by atoms with Crippen LogP contribution in [0.15, 0.2) is 64.8 Å². The van der Waals surface area contributed by atoms with Crippen LogP contribution in [0.4, 0.5) is 4.39 Å². The van der Waals surface area contributed by atoms with Crippen molar-refractivity contribution in [1.82, 2.24) is 10.2 Å². The molecule has 0 radical (unpaired) electrons. The molecule has 0 saturated carbocycles. The molecule has 0 amide bonds. The normalized spacial score (nSPS) is 25.3. The Morgan fingerprint density at radius 2 is 1.84 bits per heavy atom. The van der Waals surface area contributed by atoms with Crippen LogP contribution in [0, 0.1) is 5.82 Å². The minimum absolute atomic E-state index is 0. The van der Waals surface area contributed by atoms with Crippen molar-refractivity contribution >= 4 is 18.6 Å². The third-order valence-electron chi connectivity index (χ3n) is 6.88. The third-order valence-corrected chi connectivity index (χ3v) is 6.88. The molecule has 0 aliphatic carbocycles. The van der Waals surface area contributed by atoms with Gasteiger partial charge in [0, 0.05) is 31.6 Å². The standard InChI is InChI=1S/C25H30FN3O.ClH/c1-17-16-27-25(28-18(17)2,24(4,30-5)21-10-12-22(26)13-11-21)29-15-14-20-8-6-7-9-23(20)19(29)3;/h6-13,16,19,28H,14-15H2,1-5H3;1H. The second kappa shape index (κ2) is 8.73. The molecule has 2 aromatic rings. The lowest BCUT2D eigenvalue weighted by molar-refractivity contribution is -0.155. The molecule has 0 bridgehead atoms. The molecule has 0 aromatic heterocycles. The molecule has 2 heterocycles. The van der Waals surface area contributed by atoms with E-state index in [1.807, 2.05) is 20.1 Å². The first kappa shape index (κ1) is 23.5. The van der Waals surface area contributed by atoms with E-state index < -0.39 is 11.4 Å². The molecule has 0 spiro atoms. The van der Waals surface area contributed by atoms with Crippen LogP contribution in [0.3, 0.4) is 0 Å². The molecule has 4 rings (SSSR count). The fourth-order valence-electron chi connectivity index (χ4n) is 4.79. The Morgan fingerprint density at radius 1 is 1.16 bits per heavy atom. The topological polar surface area (TPSA) is 36.9 Å². The summed E-state index contributed by atoms with van der Waals surface area (Å²) in [6.45, 7) is 9.20. The Labute approximate surface area is 190 Å². The van der Waals surface area contributed by atoms with E-state index in [1.54, 1.807) is 19.2 Å². The number of methoxy groups -OCH3 is 1. The van der Waals surface area contributed by atoms with Crippen molar-refractivity contribution in [2.75, 3.05) is 13.7 Å². The lowest BCUT2D eigenvalue weighted by atomic mass is 9.82. The predicted octanol–water partition coefficient (Wildman–Crippen LogP) is 5.35. The van der Waals surface area contributed by atoms with Crippen molar-refractivity contribution < 1.29 is 9.13 Å².